The monoisotopic (exact) mass is 369 g/mol. The summed E-state index contributed by atoms with van der Waals surface area (Å²) in [4.78, 5) is 19.9. The first-order valence-corrected chi connectivity index (χ1v) is 9.09. The topological polar surface area (TPSA) is 86.5 Å². The molecule has 0 saturated heterocycles. The summed E-state index contributed by atoms with van der Waals surface area (Å²) in [5.41, 5.74) is 3.84. The van der Waals surface area contributed by atoms with Crippen LogP contribution in [0.25, 0.3) is 28.0 Å². The van der Waals surface area contributed by atoms with Crippen LogP contribution in [0.5, 0.6) is 0 Å². The summed E-state index contributed by atoms with van der Waals surface area (Å²) in [5.74, 6) is 0.533. The van der Waals surface area contributed by atoms with Crippen LogP contribution in [-0.2, 0) is 17.9 Å². The molecule has 0 fully saturated rings. The third kappa shape index (κ3) is 3.64. The first-order chi connectivity index (χ1) is 13.7. The fourth-order valence-corrected chi connectivity index (χ4v) is 3.25. The van der Waals surface area contributed by atoms with Gasteiger partial charge in [-0.15, -0.1) is 0 Å². The van der Waals surface area contributed by atoms with Gasteiger partial charge in [0.05, 0.1) is 30.1 Å². The molecule has 6 heteroatoms. The van der Waals surface area contributed by atoms with Crippen molar-refractivity contribution in [3.05, 3.63) is 72.2 Å². The lowest BCUT2D eigenvalue weighted by atomic mass is 10.1. The minimum absolute atomic E-state index is 0.186. The van der Waals surface area contributed by atoms with Crippen molar-refractivity contribution in [1.29, 1.82) is 5.26 Å². The summed E-state index contributed by atoms with van der Waals surface area (Å²) in [6, 6.07) is 17.9. The Bertz CT molecular complexity index is 1180. The summed E-state index contributed by atoms with van der Waals surface area (Å²) in [7, 11) is 0. The Hall–Kier alpha value is -3.85. The van der Waals surface area contributed by atoms with Gasteiger partial charge in [0.25, 0.3) is 0 Å². The van der Waals surface area contributed by atoms with E-state index in [1.165, 1.54) is 6.08 Å². The molecule has 0 atom stereocenters. The smallest absolute Gasteiger partial charge is 0.244 e. The van der Waals surface area contributed by atoms with Gasteiger partial charge in [-0.3, -0.25) is 4.79 Å². The number of aryl methyl sites for hydroxylation is 1. The average Bonchev–Trinajstić information content (AvgIpc) is 3.30. The van der Waals surface area contributed by atoms with Crippen LogP contribution in [0.3, 0.4) is 0 Å². The first-order valence-electron chi connectivity index (χ1n) is 9.09. The number of fused-ring (bicyclic) bond motifs is 2. The number of carbonyl (C=O) groups excluding carboxylic acids is 1. The molecule has 2 aromatic carbocycles. The molecule has 6 nitrogen and oxygen atoms in total. The maximum absolute atomic E-state index is 12.2. The lowest BCUT2D eigenvalue weighted by Crippen LogP contribution is -2.20. The van der Waals surface area contributed by atoms with E-state index in [2.05, 4.69) is 21.4 Å². The van der Waals surface area contributed by atoms with Crippen LogP contribution < -0.4 is 5.32 Å². The molecular weight excluding hydrogens is 350 g/mol. The van der Waals surface area contributed by atoms with Gasteiger partial charge in [0.1, 0.15) is 5.82 Å². The van der Waals surface area contributed by atoms with E-state index >= 15 is 0 Å². The van der Waals surface area contributed by atoms with Gasteiger partial charge < -0.3 is 14.9 Å². The number of nitrogens with one attached hydrogen (secondary N) is 2. The molecule has 2 aromatic heterocycles. The van der Waals surface area contributed by atoms with E-state index in [1.54, 1.807) is 6.08 Å². The third-order valence-corrected chi connectivity index (χ3v) is 4.57. The number of H-pyrrole nitrogens is 1. The Labute approximate surface area is 162 Å². The SMILES string of the molecule is N#CCCn1cc(C=CC(=O)NCc2nc3ccccc3[nH]2)c2ccccc21. The second-order valence-electron chi connectivity index (χ2n) is 6.45. The Morgan fingerprint density at radius 2 is 2.04 bits per heavy atom. The van der Waals surface area contributed by atoms with E-state index < -0.39 is 0 Å². The molecule has 0 saturated carbocycles. The standard InChI is InChI=1S/C22H19N5O/c23-12-5-13-27-15-16(17-6-1-4-9-20(17)27)10-11-22(28)24-14-21-25-18-7-2-3-8-19(18)26-21/h1-4,6-11,15H,5,13-14H2,(H,24,28)(H,25,26). The fraction of sp³-hybridized carbons (Fsp3) is 0.136. The van der Waals surface area contributed by atoms with Crippen molar-refractivity contribution in [3.63, 3.8) is 0 Å². The lowest BCUT2D eigenvalue weighted by molar-refractivity contribution is -0.116. The normalized spacial score (nSPS) is 11.2. The minimum atomic E-state index is -0.186. The predicted molar refractivity (Wildman–Crippen MR) is 109 cm³/mol. The molecular formula is C22H19N5O. The summed E-state index contributed by atoms with van der Waals surface area (Å²) in [5, 5.41) is 12.8. The van der Waals surface area contributed by atoms with E-state index in [1.807, 2.05) is 59.3 Å². The summed E-state index contributed by atoms with van der Waals surface area (Å²) < 4.78 is 2.05. The number of imidazole rings is 1. The molecule has 0 aliphatic heterocycles. The summed E-state index contributed by atoms with van der Waals surface area (Å²) in [6.45, 7) is 0.963. The number of amides is 1. The number of aromatic amines is 1. The zero-order valence-corrected chi connectivity index (χ0v) is 15.2. The predicted octanol–water partition coefficient (Wildman–Crippen LogP) is 3.76. The highest BCUT2D eigenvalue weighted by atomic mass is 16.1. The summed E-state index contributed by atoms with van der Waals surface area (Å²) >= 11 is 0. The van der Waals surface area contributed by atoms with Crippen molar-refractivity contribution in [2.24, 2.45) is 0 Å². The number of aromatic nitrogens is 3. The van der Waals surface area contributed by atoms with Gasteiger partial charge in [-0.25, -0.2) is 4.98 Å². The van der Waals surface area contributed by atoms with Crippen LogP contribution in [0, 0.1) is 11.3 Å². The molecule has 4 rings (SSSR count). The van der Waals surface area contributed by atoms with Crippen LogP contribution >= 0.6 is 0 Å². The fourth-order valence-electron chi connectivity index (χ4n) is 3.25. The molecule has 28 heavy (non-hydrogen) atoms. The summed E-state index contributed by atoms with van der Waals surface area (Å²) in [6.07, 6.45) is 5.75. The van der Waals surface area contributed by atoms with Crippen LogP contribution in [0.1, 0.15) is 17.8 Å². The zero-order valence-electron chi connectivity index (χ0n) is 15.2. The molecule has 0 radical (unpaired) electrons. The number of nitriles is 1. The van der Waals surface area contributed by atoms with Gasteiger partial charge in [-0.2, -0.15) is 5.26 Å². The van der Waals surface area contributed by atoms with Crippen LogP contribution in [0.2, 0.25) is 0 Å². The molecule has 0 spiro atoms. The van der Waals surface area contributed by atoms with E-state index in [0.29, 0.717) is 19.5 Å². The van der Waals surface area contributed by atoms with Gasteiger partial charge in [-0.05, 0) is 24.3 Å². The number of benzene rings is 2. The highest BCUT2D eigenvalue weighted by Crippen LogP contribution is 2.22. The molecule has 4 aromatic rings. The lowest BCUT2D eigenvalue weighted by Gasteiger charge is -2.00. The zero-order chi connectivity index (χ0) is 19.3. The Balaban J connectivity index is 1.46. The van der Waals surface area contributed by atoms with Crippen molar-refractivity contribution < 1.29 is 4.79 Å². The minimum Gasteiger partial charge on any atom is -0.346 e. The number of hydrogen-bond acceptors (Lipinski definition) is 3. The number of hydrogen-bond donors (Lipinski definition) is 2. The second-order valence-corrected chi connectivity index (χ2v) is 6.45. The van der Waals surface area contributed by atoms with Crippen molar-refractivity contribution in [2.45, 2.75) is 19.5 Å². The Morgan fingerprint density at radius 3 is 2.89 bits per heavy atom. The van der Waals surface area contributed by atoms with Gasteiger partial charge in [0.2, 0.25) is 5.91 Å². The van der Waals surface area contributed by atoms with Crippen molar-refractivity contribution in [1.82, 2.24) is 19.9 Å². The van der Waals surface area contributed by atoms with E-state index in [4.69, 9.17) is 5.26 Å². The molecule has 138 valence electrons. The number of nitrogens with zero attached hydrogens (tertiary/aromatic N) is 3. The third-order valence-electron chi connectivity index (χ3n) is 4.57. The van der Waals surface area contributed by atoms with E-state index in [-0.39, 0.29) is 5.91 Å². The maximum atomic E-state index is 12.2. The highest BCUT2D eigenvalue weighted by Gasteiger charge is 2.07. The molecule has 0 aliphatic carbocycles. The van der Waals surface area contributed by atoms with Crippen molar-refractivity contribution in [2.75, 3.05) is 0 Å². The van der Waals surface area contributed by atoms with Gasteiger partial charge >= 0.3 is 0 Å². The highest BCUT2D eigenvalue weighted by molar-refractivity contribution is 5.96. The first kappa shape index (κ1) is 17.6. The van der Waals surface area contributed by atoms with E-state index in [0.717, 1.165) is 33.3 Å². The van der Waals surface area contributed by atoms with Crippen LogP contribution in [-0.4, -0.2) is 20.4 Å². The van der Waals surface area contributed by atoms with E-state index in [9.17, 15) is 4.79 Å². The van der Waals surface area contributed by atoms with Crippen molar-refractivity contribution >= 4 is 33.9 Å². The van der Waals surface area contributed by atoms with Crippen LogP contribution in [0.15, 0.2) is 60.8 Å². The Kier molecular flexibility index (Phi) is 4.89. The van der Waals surface area contributed by atoms with Gasteiger partial charge in [0, 0.05) is 35.3 Å². The van der Waals surface area contributed by atoms with Crippen LogP contribution in [0.4, 0.5) is 0 Å². The largest absolute Gasteiger partial charge is 0.346 e. The number of rotatable bonds is 6. The van der Waals surface area contributed by atoms with Crippen molar-refractivity contribution in [3.8, 4) is 6.07 Å². The molecule has 0 aliphatic rings. The number of carbonyl (C=O) groups is 1. The van der Waals surface area contributed by atoms with Gasteiger partial charge in [0.15, 0.2) is 0 Å². The maximum Gasteiger partial charge on any atom is 0.244 e. The van der Waals surface area contributed by atoms with Gasteiger partial charge in [-0.1, -0.05) is 30.3 Å². The molecule has 0 unspecified atom stereocenters. The second kappa shape index (κ2) is 7.80. The molecule has 2 N–H and O–H groups in total. The Morgan fingerprint density at radius 1 is 1.21 bits per heavy atom. The number of para-hydroxylation sites is 3. The quantitative estimate of drug-likeness (QED) is 0.507. The average molecular weight is 369 g/mol. The molecule has 2 heterocycles. The molecule has 1 amide bonds. The molecule has 0 bridgehead atoms.